The Balaban J connectivity index is 1.51. The Bertz CT molecular complexity index is 1450. The average molecular weight is 572 g/mol. The lowest BCUT2D eigenvalue weighted by atomic mass is 10.0. The summed E-state index contributed by atoms with van der Waals surface area (Å²) >= 11 is 0. The third-order valence-electron chi connectivity index (χ3n) is 7.43. The van der Waals surface area contributed by atoms with Crippen LogP contribution in [0.2, 0.25) is 0 Å². The van der Waals surface area contributed by atoms with E-state index in [0.717, 1.165) is 67.0 Å². The summed E-state index contributed by atoms with van der Waals surface area (Å²) in [5.41, 5.74) is 9.90. The highest BCUT2D eigenvalue weighted by atomic mass is 16.5. The zero-order chi connectivity index (χ0) is 30.2. The van der Waals surface area contributed by atoms with Crippen molar-refractivity contribution in [3.63, 3.8) is 0 Å². The van der Waals surface area contributed by atoms with Crippen LogP contribution < -0.4 is 16.0 Å². The van der Waals surface area contributed by atoms with Crippen molar-refractivity contribution in [1.29, 1.82) is 0 Å². The first-order chi connectivity index (χ1) is 20.2. The van der Waals surface area contributed by atoms with Crippen LogP contribution in [0.1, 0.15) is 34.8 Å². The van der Waals surface area contributed by atoms with Crippen molar-refractivity contribution in [2.24, 2.45) is 0 Å². The summed E-state index contributed by atoms with van der Waals surface area (Å²) in [6.07, 6.45) is 5.22. The van der Waals surface area contributed by atoms with Gasteiger partial charge in [0, 0.05) is 63.3 Å². The number of hydrogen-bond acceptors (Lipinski definition) is 9. The van der Waals surface area contributed by atoms with Crippen molar-refractivity contribution in [1.82, 2.24) is 25.1 Å². The number of nitrogens with zero attached hydrogens (tertiary/aromatic N) is 5. The number of carbonyl (C=O) groups excluding carboxylic acids is 2. The van der Waals surface area contributed by atoms with Crippen molar-refractivity contribution in [2.45, 2.75) is 25.8 Å². The van der Waals surface area contributed by atoms with Gasteiger partial charge in [0.1, 0.15) is 11.9 Å². The molecule has 0 bridgehead atoms. The number of nitrogens with two attached hydrogens (primary N) is 1. The van der Waals surface area contributed by atoms with Gasteiger partial charge in [0.15, 0.2) is 0 Å². The Morgan fingerprint density at radius 2 is 1.81 bits per heavy atom. The van der Waals surface area contributed by atoms with Gasteiger partial charge in [-0.05, 0) is 48.4 Å². The molecule has 3 aromatic rings. The van der Waals surface area contributed by atoms with Crippen molar-refractivity contribution in [3.05, 3.63) is 78.0 Å². The highest BCUT2D eigenvalue weighted by Crippen LogP contribution is 2.27. The normalized spacial score (nSPS) is 14.9. The standard InChI is InChI=1S/C32H41N7O3/c1-6-14-38(4)21-23(7-2)24-10-8-22(9-11-24)19-28(31(41)42-5)34-30(40)25-12-13-26-27(20-25)35-32(33)36-29(26)39-17-15-37(3)16-18-39/h7-13,20-21,28H,2,6,14-19H2,1,3-5H3,(H,34,40)(H2,33,35,36). The van der Waals surface area contributed by atoms with Crippen LogP contribution in [0.4, 0.5) is 11.8 Å². The third kappa shape index (κ3) is 7.44. The topological polar surface area (TPSA) is 117 Å². The molecule has 42 heavy (non-hydrogen) atoms. The highest BCUT2D eigenvalue weighted by molar-refractivity contribution is 6.01. The number of esters is 1. The lowest BCUT2D eigenvalue weighted by Crippen LogP contribution is -2.45. The van der Waals surface area contributed by atoms with Crippen LogP contribution in [-0.2, 0) is 16.0 Å². The summed E-state index contributed by atoms with van der Waals surface area (Å²) in [6, 6.07) is 12.3. The van der Waals surface area contributed by atoms with Crippen molar-refractivity contribution >= 4 is 40.1 Å². The lowest BCUT2D eigenvalue weighted by molar-refractivity contribution is -0.142. The lowest BCUT2D eigenvalue weighted by Gasteiger charge is -2.33. The molecular weight excluding hydrogens is 530 g/mol. The van der Waals surface area contributed by atoms with Crippen LogP contribution in [0.3, 0.4) is 0 Å². The molecule has 0 aliphatic carbocycles. The fourth-order valence-electron chi connectivity index (χ4n) is 5.08. The fraction of sp³-hybridized carbons (Fsp3) is 0.375. The zero-order valence-electron chi connectivity index (χ0n) is 25.0. The minimum Gasteiger partial charge on any atom is -0.467 e. The molecule has 10 heteroatoms. The molecule has 1 fully saturated rings. The molecule has 222 valence electrons. The van der Waals surface area contributed by atoms with Crippen LogP contribution in [0.5, 0.6) is 0 Å². The van der Waals surface area contributed by atoms with Crippen LogP contribution in [0.15, 0.2) is 61.3 Å². The number of rotatable bonds is 11. The SMILES string of the molecule is C=CC(=CN(C)CCC)c1ccc(CC(NC(=O)c2ccc3c(N4CCN(C)CC4)nc(N)nc3c2)C(=O)OC)cc1. The molecule has 1 atom stereocenters. The van der Waals surface area contributed by atoms with E-state index >= 15 is 0 Å². The van der Waals surface area contributed by atoms with E-state index < -0.39 is 17.9 Å². The van der Waals surface area contributed by atoms with E-state index in [9.17, 15) is 9.59 Å². The number of amides is 1. The van der Waals surface area contributed by atoms with E-state index in [1.807, 2.05) is 43.5 Å². The maximum Gasteiger partial charge on any atom is 0.328 e. The molecular formula is C32H41N7O3. The number of benzene rings is 2. The first kappa shape index (κ1) is 30.5. The Morgan fingerprint density at radius 3 is 2.45 bits per heavy atom. The fourth-order valence-corrected chi connectivity index (χ4v) is 5.08. The molecule has 0 saturated carbocycles. The van der Waals surface area contributed by atoms with Gasteiger partial charge >= 0.3 is 5.97 Å². The smallest absolute Gasteiger partial charge is 0.328 e. The van der Waals surface area contributed by atoms with Gasteiger partial charge in [0.2, 0.25) is 5.95 Å². The van der Waals surface area contributed by atoms with Gasteiger partial charge < -0.3 is 30.5 Å². The number of carbonyl (C=O) groups is 2. The molecule has 1 aliphatic rings. The third-order valence-corrected chi connectivity index (χ3v) is 7.43. The van der Waals surface area contributed by atoms with E-state index in [1.54, 1.807) is 12.1 Å². The van der Waals surface area contributed by atoms with Gasteiger partial charge in [-0.3, -0.25) is 4.79 Å². The van der Waals surface area contributed by atoms with Crippen LogP contribution in [0.25, 0.3) is 16.5 Å². The number of aromatic nitrogens is 2. The molecule has 2 aromatic carbocycles. The molecule has 1 aliphatic heterocycles. The highest BCUT2D eigenvalue weighted by Gasteiger charge is 2.24. The monoisotopic (exact) mass is 571 g/mol. The number of allylic oxidation sites excluding steroid dienone is 2. The van der Waals surface area contributed by atoms with Gasteiger partial charge in [-0.15, -0.1) is 0 Å². The number of nitrogens with one attached hydrogen (secondary N) is 1. The summed E-state index contributed by atoms with van der Waals surface area (Å²) in [5.74, 6) is -0.0145. The van der Waals surface area contributed by atoms with Gasteiger partial charge in [-0.25, -0.2) is 9.78 Å². The number of anilines is 2. The molecule has 4 rings (SSSR count). The predicted molar refractivity (Wildman–Crippen MR) is 168 cm³/mol. The van der Waals surface area contributed by atoms with Gasteiger partial charge in [0.25, 0.3) is 5.91 Å². The number of ether oxygens (including phenoxy) is 1. The second-order valence-corrected chi connectivity index (χ2v) is 10.6. The summed E-state index contributed by atoms with van der Waals surface area (Å²) < 4.78 is 5.02. The number of hydrogen-bond donors (Lipinski definition) is 2. The molecule has 1 amide bonds. The van der Waals surface area contributed by atoms with E-state index in [-0.39, 0.29) is 12.4 Å². The van der Waals surface area contributed by atoms with Crippen molar-refractivity contribution in [3.8, 4) is 0 Å². The molecule has 0 radical (unpaired) electrons. The molecule has 1 aromatic heterocycles. The molecule has 10 nitrogen and oxygen atoms in total. The number of nitrogen functional groups attached to an aromatic ring is 1. The van der Waals surface area contributed by atoms with Crippen molar-refractivity contribution < 1.29 is 14.3 Å². The Hall–Kier alpha value is -4.44. The number of fused-ring (bicyclic) bond motifs is 1. The summed E-state index contributed by atoms with van der Waals surface area (Å²) in [6.45, 7) is 10.5. The molecule has 2 heterocycles. The Morgan fingerprint density at radius 1 is 1.12 bits per heavy atom. The van der Waals surface area contributed by atoms with E-state index in [1.165, 1.54) is 7.11 Å². The number of piperazine rings is 1. The minimum absolute atomic E-state index is 0.149. The second kappa shape index (κ2) is 14.0. The van der Waals surface area contributed by atoms with Gasteiger partial charge in [-0.1, -0.05) is 43.8 Å². The van der Waals surface area contributed by atoms with Crippen LogP contribution in [-0.4, -0.2) is 91.6 Å². The first-order valence-corrected chi connectivity index (χ1v) is 14.3. The maximum absolute atomic E-state index is 13.3. The Kier molecular flexibility index (Phi) is 10.1. The van der Waals surface area contributed by atoms with Gasteiger partial charge in [0.05, 0.1) is 12.6 Å². The molecule has 3 N–H and O–H groups in total. The van der Waals surface area contributed by atoms with Gasteiger partial charge in [-0.2, -0.15) is 4.98 Å². The predicted octanol–water partition coefficient (Wildman–Crippen LogP) is 3.35. The minimum atomic E-state index is -0.870. The summed E-state index contributed by atoms with van der Waals surface area (Å²) in [4.78, 5) is 41.5. The largest absolute Gasteiger partial charge is 0.467 e. The van der Waals surface area contributed by atoms with Crippen LogP contribution >= 0.6 is 0 Å². The maximum atomic E-state index is 13.3. The second-order valence-electron chi connectivity index (χ2n) is 10.6. The average Bonchev–Trinajstić information content (AvgIpc) is 2.99. The molecule has 1 saturated heterocycles. The summed E-state index contributed by atoms with van der Waals surface area (Å²) in [5, 5.41) is 3.67. The Labute approximate surface area is 247 Å². The summed E-state index contributed by atoms with van der Waals surface area (Å²) in [7, 11) is 5.44. The van der Waals surface area contributed by atoms with Crippen LogP contribution in [0, 0.1) is 0 Å². The number of methoxy groups -OCH3 is 1. The quantitative estimate of drug-likeness (QED) is 0.264. The zero-order valence-corrected chi connectivity index (χ0v) is 25.0. The molecule has 0 spiro atoms. The van der Waals surface area contributed by atoms with Crippen molar-refractivity contribution in [2.75, 3.05) is 64.6 Å². The van der Waals surface area contributed by atoms with E-state index in [2.05, 4.69) is 56.7 Å². The molecule has 1 unspecified atom stereocenters. The number of likely N-dealkylation sites (N-methyl/N-ethyl adjacent to an activating group) is 1. The van der Waals surface area contributed by atoms with E-state index in [0.29, 0.717) is 11.1 Å². The first-order valence-electron chi connectivity index (χ1n) is 14.3. The van der Waals surface area contributed by atoms with E-state index in [4.69, 9.17) is 10.5 Å².